The zero-order valence-electron chi connectivity index (χ0n) is 23.4. The lowest BCUT2D eigenvalue weighted by atomic mass is 10.0. The highest BCUT2D eigenvalue weighted by Gasteiger charge is 2.39. The third-order valence-electron chi connectivity index (χ3n) is 7.65. The Hall–Kier alpha value is -2.62. The molecular formula is C29H38N2O7S2. The fourth-order valence-electron chi connectivity index (χ4n) is 5.06. The summed E-state index contributed by atoms with van der Waals surface area (Å²) in [6.45, 7) is 3.13. The van der Waals surface area contributed by atoms with Crippen LogP contribution in [-0.2, 0) is 20.0 Å². The third-order valence-corrected chi connectivity index (χ3v) is 11.5. The molecule has 1 N–H and O–H groups in total. The fraction of sp³-hybridized carbons (Fsp3) is 0.517. The predicted molar refractivity (Wildman–Crippen MR) is 152 cm³/mol. The fourth-order valence-corrected chi connectivity index (χ4v) is 8.06. The second-order valence-corrected chi connectivity index (χ2v) is 14.5. The largest absolute Gasteiger partial charge is 0.497 e. The summed E-state index contributed by atoms with van der Waals surface area (Å²) in [5.74, 6) is 7.06. The van der Waals surface area contributed by atoms with Gasteiger partial charge in [-0.2, -0.15) is 8.61 Å². The highest BCUT2D eigenvalue weighted by atomic mass is 32.2. The Bertz CT molecular complexity index is 1460. The average molecular weight is 591 g/mol. The number of methoxy groups -OCH3 is 1. The summed E-state index contributed by atoms with van der Waals surface area (Å²) >= 11 is 0. The van der Waals surface area contributed by atoms with E-state index in [1.807, 2.05) is 6.92 Å². The lowest BCUT2D eigenvalue weighted by molar-refractivity contribution is 0.0904. The Labute approximate surface area is 238 Å². The van der Waals surface area contributed by atoms with Crippen molar-refractivity contribution >= 4 is 20.0 Å². The van der Waals surface area contributed by atoms with E-state index in [9.17, 15) is 21.9 Å². The summed E-state index contributed by atoms with van der Waals surface area (Å²) in [7, 11) is -4.89. The smallest absolute Gasteiger partial charge is 0.247 e. The van der Waals surface area contributed by atoms with Crippen LogP contribution in [0.5, 0.6) is 11.5 Å². The van der Waals surface area contributed by atoms with Crippen LogP contribution in [0.15, 0.2) is 52.3 Å². The van der Waals surface area contributed by atoms with Crippen molar-refractivity contribution in [3.63, 3.8) is 0 Å². The second kappa shape index (κ2) is 12.5. The van der Waals surface area contributed by atoms with Gasteiger partial charge < -0.3 is 14.6 Å². The summed E-state index contributed by atoms with van der Waals surface area (Å²) in [5, 5.41) is 9.86. The maximum atomic E-state index is 13.7. The highest BCUT2D eigenvalue weighted by molar-refractivity contribution is 7.89. The standard InChI is InChI=1S/C29H38N2O7S2/c1-21-18-31(22(2)20-32)40(35,36)29-16-11-24(10-9-23-7-5-6-8-23)17-27(29)38-28(21)19-30(3)39(33,34)26-14-12-25(37-4)13-15-26/h11-17,21-23,28,32H,5-8,18-20H2,1-4H3/t21-,22-,28+/m0/s1. The lowest BCUT2D eigenvalue weighted by Gasteiger charge is -2.37. The summed E-state index contributed by atoms with van der Waals surface area (Å²) in [5.41, 5.74) is 0.633. The van der Waals surface area contributed by atoms with Crippen molar-refractivity contribution in [2.75, 3.05) is 33.9 Å². The van der Waals surface area contributed by atoms with Gasteiger partial charge in [0.05, 0.1) is 25.2 Å². The monoisotopic (exact) mass is 590 g/mol. The molecule has 1 aliphatic heterocycles. The topological polar surface area (TPSA) is 113 Å². The molecule has 0 radical (unpaired) electrons. The quantitative estimate of drug-likeness (QED) is 0.492. The first-order valence-corrected chi connectivity index (χ1v) is 16.4. The van der Waals surface area contributed by atoms with Crippen LogP contribution < -0.4 is 9.47 Å². The van der Waals surface area contributed by atoms with Crippen LogP contribution in [0.2, 0.25) is 0 Å². The first-order chi connectivity index (χ1) is 19.0. The zero-order valence-corrected chi connectivity index (χ0v) is 25.0. The molecule has 1 heterocycles. The first kappa shape index (κ1) is 30.3. The van der Waals surface area contributed by atoms with Crippen molar-refractivity contribution < 1.29 is 31.4 Å². The van der Waals surface area contributed by atoms with E-state index in [2.05, 4.69) is 11.8 Å². The molecule has 0 bridgehead atoms. The van der Waals surface area contributed by atoms with E-state index in [1.165, 1.54) is 41.0 Å². The SMILES string of the molecule is COc1ccc(S(=O)(=O)N(C)C[C@H]2Oc3cc(C#CC4CCCC4)ccc3S(=O)(=O)N([C@@H](C)CO)C[C@@H]2C)cc1. The van der Waals surface area contributed by atoms with Gasteiger partial charge >= 0.3 is 0 Å². The van der Waals surface area contributed by atoms with Gasteiger partial charge in [-0.3, -0.25) is 0 Å². The maximum absolute atomic E-state index is 13.7. The molecule has 0 aromatic heterocycles. The molecule has 218 valence electrons. The summed E-state index contributed by atoms with van der Waals surface area (Å²) in [6, 6.07) is 10.2. The molecule has 3 atom stereocenters. The molecule has 0 amide bonds. The number of hydrogen-bond acceptors (Lipinski definition) is 7. The first-order valence-electron chi connectivity index (χ1n) is 13.5. The lowest BCUT2D eigenvalue weighted by Crippen LogP contribution is -2.50. The molecular weight excluding hydrogens is 552 g/mol. The molecule has 9 nitrogen and oxygen atoms in total. The number of nitrogens with zero attached hydrogens (tertiary/aromatic N) is 2. The van der Waals surface area contributed by atoms with E-state index in [0.29, 0.717) is 17.2 Å². The second-order valence-electron chi connectivity index (χ2n) is 10.6. The van der Waals surface area contributed by atoms with Crippen LogP contribution in [0.3, 0.4) is 0 Å². The van der Waals surface area contributed by atoms with Gasteiger partial charge in [-0.25, -0.2) is 16.8 Å². The van der Waals surface area contributed by atoms with E-state index in [4.69, 9.17) is 9.47 Å². The van der Waals surface area contributed by atoms with E-state index in [-0.39, 0.29) is 35.2 Å². The Morgan fingerprint density at radius 2 is 1.85 bits per heavy atom. The molecule has 2 aliphatic rings. The number of rotatable bonds is 7. The van der Waals surface area contributed by atoms with E-state index in [0.717, 1.165) is 25.7 Å². The maximum Gasteiger partial charge on any atom is 0.247 e. The van der Waals surface area contributed by atoms with Gasteiger partial charge in [0.1, 0.15) is 22.5 Å². The molecule has 11 heteroatoms. The Kier molecular flexibility index (Phi) is 9.47. The number of likely N-dealkylation sites (N-methyl/N-ethyl adjacent to an activating group) is 1. The summed E-state index contributed by atoms with van der Waals surface area (Å²) in [4.78, 5) is 0.0778. The molecule has 4 rings (SSSR count). The molecule has 2 aromatic rings. The minimum atomic E-state index is -4.01. The van der Waals surface area contributed by atoms with Crippen molar-refractivity contribution in [3.05, 3.63) is 48.0 Å². The normalized spacial score (nSPS) is 22.4. The van der Waals surface area contributed by atoms with Gasteiger partial charge in [0, 0.05) is 37.0 Å². The number of aliphatic hydroxyl groups is 1. The Balaban J connectivity index is 1.70. The zero-order chi connectivity index (χ0) is 29.1. The number of fused-ring (bicyclic) bond motifs is 1. The minimum Gasteiger partial charge on any atom is -0.497 e. The van der Waals surface area contributed by atoms with Crippen molar-refractivity contribution in [2.45, 2.75) is 61.5 Å². The van der Waals surface area contributed by atoms with Crippen LogP contribution in [0, 0.1) is 23.7 Å². The van der Waals surface area contributed by atoms with Crippen LogP contribution in [-0.4, -0.2) is 76.6 Å². The molecule has 1 saturated carbocycles. The molecule has 40 heavy (non-hydrogen) atoms. The summed E-state index contributed by atoms with van der Waals surface area (Å²) < 4.78 is 68.1. The van der Waals surface area contributed by atoms with Gasteiger partial charge in [0.25, 0.3) is 0 Å². The van der Waals surface area contributed by atoms with Gasteiger partial charge in [-0.1, -0.05) is 31.6 Å². The number of aliphatic hydroxyl groups excluding tert-OH is 1. The van der Waals surface area contributed by atoms with Crippen LogP contribution in [0.1, 0.15) is 45.1 Å². The Morgan fingerprint density at radius 3 is 2.48 bits per heavy atom. The average Bonchev–Trinajstić information content (AvgIpc) is 3.47. The Morgan fingerprint density at radius 1 is 1.18 bits per heavy atom. The van der Waals surface area contributed by atoms with E-state index >= 15 is 0 Å². The van der Waals surface area contributed by atoms with E-state index < -0.39 is 38.1 Å². The molecule has 2 aromatic carbocycles. The van der Waals surface area contributed by atoms with E-state index in [1.54, 1.807) is 31.2 Å². The third kappa shape index (κ3) is 6.47. The minimum absolute atomic E-state index is 0.0195. The highest BCUT2D eigenvalue weighted by Crippen LogP contribution is 2.35. The van der Waals surface area contributed by atoms with Crippen molar-refractivity contribution in [1.29, 1.82) is 0 Å². The molecule has 0 saturated heterocycles. The molecule has 0 unspecified atom stereocenters. The number of sulfonamides is 2. The molecule has 1 fully saturated rings. The van der Waals surface area contributed by atoms with Crippen molar-refractivity contribution in [3.8, 4) is 23.3 Å². The van der Waals surface area contributed by atoms with Crippen molar-refractivity contribution in [1.82, 2.24) is 8.61 Å². The number of ether oxygens (including phenoxy) is 2. The summed E-state index contributed by atoms with van der Waals surface area (Å²) in [6.07, 6.45) is 3.77. The van der Waals surface area contributed by atoms with Gasteiger partial charge in [0.15, 0.2) is 0 Å². The molecule has 1 aliphatic carbocycles. The number of hydrogen-bond donors (Lipinski definition) is 1. The van der Waals surface area contributed by atoms with Crippen LogP contribution in [0.25, 0.3) is 0 Å². The van der Waals surface area contributed by atoms with Crippen LogP contribution >= 0.6 is 0 Å². The van der Waals surface area contributed by atoms with Gasteiger partial charge in [0.2, 0.25) is 20.0 Å². The molecule has 0 spiro atoms. The predicted octanol–water partition coefficient (Wildman–Crippen LogP) is 3.33. The number of benzene rings is 2. The van der Waals surface area contributed by atoms with Gasteiger partial charge in [-0.15, -0.1) is 0 Å². The van der Waals surface area contributed by atoms with Gasteiger partial charge in [-0.05, 0) is 62.2 Å². The van der Waals surface area contributed by atoms with Crippen LogP contribution in [0.4, 0.5) is 0 Å². The van der Waals surface area contributed by atoms with Crippen molar-refractivity contribution in [2.24, 2.45) is 11.8 Å².